The lowest BCUT2D eigenvalue weighted by Gasteiger charge is -2.16. The maximum atomic E-state index is 12.5. The van der Waals surface area contributed by atoms with Crippen LogP contribution in [-0.4, -0.2) is 30.9 Å². The van der Waals surface area contributed by atoms with Crippen LogP contribution in [0.25, 0.3) is 0 Å². The molecule has 6 heteroatoms. The average Bonchev–Trinajstić information content (AvgIpc) is 3.11. The molecule has 1 saturated heterocycles. The van der Waals surface area contributed by atoms with Gasteiger partial charge in [-0.3, -0.25) is 9.59 Å². The summed E-state index contributed by atoms with van der Waals surface area (Å²) in [5, 5.41) is 2.82. The molecule has 0 spiro atoms. The van der Waals surface area contributed by atoms with Crippen LogP contribution >= 0.6 is 0 Å². The molecule has 2 aromatic rings. The fourth-order valence-electron chi connectivity index (χ4n) is 3.07. The zero-order chi connectivity index (χ0) is 19.9. The van der Waals surface area contributed by atoms with Gasteiger partial charge in [-0.1, -0.05) is 31.5 Å². The molecule has 0 aliphatic carbocycles. The van der Waals surface area contributed by atoms with E-state index >= 15 is 0 Å². The van der Waals surface area contributed by atoms with Crippen LogP contribution in [0.2, 0.25) is 0 Å². The van der Waals surface area contributed by atoms with Crippen LogP contribution in [0.5, 0.6) is 0 Å². The summed E-state index contributed by atoms with van der Waals surface area (Å²) in [7, 11) is 0. The van der Waals surface area contributed by atoms with Crippen LogP contribution in [-0.2, 0) is 14.3 Å². The number of benzene rings is 2. The third kappa shape index (κ3) is 4.76. The van der Waals surface area contributed by atoms with Gasteiger partial charge in [0.25, 0.3) is 0 Å². The summed E-state index contributed by atoms with van der Waals surface area (Å²) in [6.45, 7) is 2.79. The minimum Gasteiger partial charge on any atom is -0.462 e. The molecule has 0 unspecified atom stereocenters. The van der Waals surface area contributed by atoms with E-state index in [-0.39, 0.29) is 24.2 Å². The summed E-state index contributed by atoms with van der Waals surface area (Å²) in [6.07, 6.45) is 1.98. The number of amides is 2. The molecule has 146 valence electrons. The highest BCUT2D eigenvalue weighted by Gasteiger charge is 2.35. The first-order valence-corrected chi connectivity index (χ1v) is 9.52. The summed E-state index contributed by atoms with van der Waals surface area (Å²) in [4.78, 5) is 38.4. The quantitative estimate of drug-likeness (QED) is 0.588. The van der Waals surface area contributed by atoms with Crippen LogP contribution in [0, 0.1) is 5.92 Å². The number of nitrogens with zero attached hydrogens (tertiary/aromatic N) is 1. The molecular formula is C22H24N2O4. The lowest BCUT2D eigenvalue weighted by Crippen LogP contribution is -2.28. The van der Waals surface area contributed by atoms with Gasteiger partial charge in [-0.05, 0) is 42.8 Å². The smallest absolute Gasteiger partial charge is 0.338 e. The van der Waals surface area contributed by atoms with Gasteiger partial charge in [-0.15, -0.1) is 0 Å². The van der Waals surface area contributed by atoms with Crippen molar-refractivity contribution in [3.05, 3.63) is 60.2 Å². The number of para-hydroxylation sites is 1. The third-order valence-corrected chi connectivity index (χ3v) is 4.68. The van der Waals surface area contributed by atoms with Crippen LogP contribution in [0.4, 0.5) is 11.4 Å². The lowest BCUT2D eigenvalue weighted by atomic mass is 10.1. The number of carbonyl (C=O) groups excluding carboxylic acids is 3. The van der Waals surface area contributed by atoms with E-state index in [0.717, 1.165) is 18.5 Å². The largest absolute Gasteiger partial charge is 0.462 e. The van der Waals surface area contributed by atoms with Crippen LogP contribution in [0.3, 0.4) is 0 Å². The number of nitrogens with one attached hydrogen (secondary N) is 1. The predicted octanol–water partition coefficient (Wildman–Crippen LogP) is 3.64. The standard InChI is InChI=1S/C22H24N2O4/c1-2-3-13-28-22(27)16-9-11-18(12-10-16)23-21(26)17-14-20(25)24(15-17)19-7-5-4-6-8-19/h4-12,17H,2-3,13-15H2,1H3,(H,23,26)/t17-/m1/s1. The van der Waals surface area contributed by atoms with Gasteiger partial charge in [0.05, 0.1) is 18.1 Å². The summed E-state index contributed by atoms with van der Waals surface area (Å²) < 4.78 is 5.17. The number of ether oxygens (including phenoxy) is 1. The minimum absolute atomic E-state index is 0.0588. The zero-order valence-corrected chi connectivity index (χ0v) is 15.9. The average molecular weight is 380 g/mol. The Hall–Kier alpha value is -3.15. The van der Waals surface area contributed by atoms with Gasteiger partial charge in [-0.25, -0.2) is 4.79 Å². The topological polar surface area (TPSA) is 75.7 Å². The second kappa shape index (κ2) is 9.17. The number of hydrogen-bond acceptors (Lipinski definition) is 4. The molecular weight excluding hydrogens is 356 g/mol. The summed E-state index contributed by atoms with van der Waals surface area (Å²) >= 11 is 0. The van der Waals surface area contributed by atoms with Gasteiger partial charge in [0.1, 0.15) is 0 Å². The number of anilines is 2. The van der Waals surface area contributed by atoms with E-state index in [0.29, 0.717) is 24.4 Å². The van der Waals surface area contributed by atoms with E-state index in [4.69, 9.17) is 4.74 Å². The second-order valence-electron chi connectivity index (χ2n) is 6.80. The number of esters is 1. The van der Waals surface area contributed by atoms with Gasteiger partial charge in [-0.2, -0.15) is 0 Å². The Balaban J connectivity index is 1.56. The van der Waals surface area contributed by atoms with Crippen molar-refractivity contribution in [1.82, 2.24) is 0 Å². The molecule has 0 aromatic heterocycles. The van der Waals surface area contributed by atoms with Gasteiger partial charge in [0, 0.05) is 24.3 Å². The Bertz CT molecular complexity index is 833. The summed E-state index contributed by atoms with van der Waals surface area (Å²) in [5.74, 6) is -1.04. The van der Waals surface area contributed by atoms with Crippen LogP contribution in [0.15, 0.2) is 54.6 Å². The molecule has 0 saturated carbocycles. The molecule has 1 N–H and O–H groups in total. The molecule has 28 heavy (non-hydrogen) atoms. The number of rotatable bonds is 7. The van der Waals surface area contributed by atoms with Gasteiger partial charge in [0.15, 0.2) is 0 Å². The zero-order valence-electron chi connectivity index (χ0n) is 15.9. The SMILES string of the molecule is CCCCOC(=O)c1ccc(NC(=O)[C@@H]2CC(=O)N(c3ccccc3)C2)cc1. The summed E-state index contributed by atoms with van der Waals surface area (Å²) in [6, 6.07) is 15.9. The fourth-order valence-corrected chi connectivity index (χ4v) is 3.07. The van der Waals surface area contributed by atoms with Crippen molar-refractivity contribution in [2.75, 3.05) is 23.4 Å². The number of hydrogen-bond donors (Lipinski definition) is 1. The first kappa shape index (κ1) is 19.6. The van der Waals surface area contributed by atoms with Crippen molar-refractivity contribution >= 4 is 29.2 Å². The van der Waals surface area contributed by atoms with Crippen molar-refractivity contribution in [3.63, 3.8) is 0 Å². The van der Waals surface area contributed by atoms with E-state index in [2.05, 4.69) is 5.32 Å². The molecule has 1 atom stereocenters. The van der Waals surface area contributed by atoms with Gasteiger partial charge < -0.3 is 15.0 Å². The molecule has 0 bridgehead atoms. The maximum absolute atomic E-state index is 12.5. The Morgan fingerprint density at radius 2 is 1.82 bits per heavy atom. The maximum Gasteiger partial charge on any atom is 0.338 e. The highest BCUT2D eigenvalue weighted by molar-refractivity contribution is 6.03. The molecule has 1 fully saturated rings. The molecule has 2 aromatic carbocycles. The number of unbranched alkanes of at least 4 members (excludes halogenated alkanes) is 1. The van der Waals surface area contributed by atoms with Crippen molar-refractivity contribution in [1.29, 1.82) is 0 Å². The molecule has 1 aliphatic heterocycles. The fraction of sp³-hybridized carbons (Fsp3) is 0.318. The van der Waals surface area contributed by atoms with E-state index in [1.807, 2.05) is 37.3 Å². The van der Waals surface area contributed by atoms with Crippen molar-refractivity contribution < 1.29 is 19.1 Å². The first-order chi connectivity index (χ1) is 13.6. The van der Waals surface area contributed by atoms with Crippen molar-refractivity contribution in [3.8, 4) is 0 Å². The minimum atomic E-state index is -0.411. The molecule has 1 aliphatic rings. The van der Waals surface area contributed by atoms with E-state index in [9.17, 15) is 14.4 Å². The van der Waals surface area contributed by atoms with Gasteiger partial charge >= 0.3 is 5.97 Å². The van der Waals surface area contributed by atoms with Crippen molar-refractivity contribution in [2.24, 2.45) is 5.92 Å². The van der Waals surface area contributed by atoms with Crippen LogP contribution in [0.1, 0.15) is 36.5 Å². The molecule has 1 heterocycles. The third-order valence-electron chi connectivity index (χ3n) is 4.68. The normalized spacial score (nSPS) is 16.1. The number of carbonyl (C=O) groups is 3. The van der Waals surface area contributed by atoms with Gasteiger partial charge in [0.2, 0.25) is 11.8 Å². The Labute approximate surface area is 164 Å². The van der Waals surface area contributed by atoms with E-state index in [1.165, 1.54) is 0 Å². The Kier molecular flexibility index (Phi) is 6.42. The predicted molar refractivity (Wildman–Crippen MR) is 107 cm³/mol. The highest BCUT2D eigenvalue weighted by Crippen LogP contribution is 2.25. The van der Waals surface area contributed by atoms with Crippen molar-refractivity contribution in [2.45, 2.75) is 26.2 Å². The highest BCUT2D eigenvalue weighted by atomic mass is 16.5. The van der Waals surface area contributed by atoms with Crippen LogP contribution < -0.4 is 10.2 Å². The summed E-state index contributed by atoms with van der Waals surface area (Å²) in [5.41, 5.74) is 1.83. The molecule has 0 radical (unpaired) electrons. The Morgan fingerprint density at radius 3 is 2.50 bits per heavy atom. The second-order valence-corrected chi connectivity index (χ2v) is 6.80. The first-order valence-electron chi connectivity index (χ1n) is 9.52. The molecule has 2 amide bonds. The van der Waals surface area contributed by atoms with E-state index in [1.54, 1.807) is 29.2 Å². The Morgan fingerprint density at radius 1 is 1.11 bits per heavy atom. The monoisotopic (exact) mass is 380 g/mol. The molecule has 6 nitrogen and oxygen atoms in total. The molecule has 3 rings (SSSR count). The lowest BCUT2D eigenvalue weighted by molar-refractivity contribution is -0.122. The van der Waals surface area contributed by atoms with E-state index < -0.39 is 5.92 Å².